The van der Waals surface area contributed by atoms with Crippen LogP contribution in [-0.4, -0.2) is 56.6 Å². The molecule has 1 aromatic carbocycles. The van der Waals surface area contributed by atoms with Crippen LogP contribution in [0, 0.1) is 17.6 Å². The number of carbonyl (C=O) groups excluding carboxylic acids is 1. The van der Waals surface area contributed by atoms with Crippen molar-refractivity contribution in [3.63, 3.8) is 0 Å². The summed E-state index contributed by atoms with van der Waals surface area (Å²) in [6.45, 7) is 2.71. The third-order valence-corrected chi connectivity index (χ3v) is 6.82. The van der Waals surface area contributed by atoms with Crippen molar-refractivity contribution in [1.29, 1.82) is 0 Å². The summed E-state index contributed by atoms with van der Waals surface area (Å²) < 4.78 is 29.9. The lowest BCUT2D eigenvalue weighted by molar-refractivity contribution is -0.135. The SMILES string of the molecule is O=C(C1CCCN(c2c(-c3ccc(F)cc3F)c(Cl)nc3ncnn23)C1)N1CCCCCC1. The molecule has 4 heterocycles. The number of anilines is 1. The first-order valence-corrected chi connectivity index (χ1v) is 11.8. The van der Waals surface area contributed by atoms with Gasteiger partial charge >= 0.3 is 0 Å². The molecular formula is C23H25ClF2N6O. The number of amides is 1. The summed E-state index contributed by atoms with van der Waals surface area (Å²) in [5.41, 5.74) is 0.442. The Labute approximate surface area is 195 Å². The van der Waals surface area contributed by atoms with Gasteiger partial charge in [0, 0.05) is 37.8 Å². The van der Waals surface area contributed by atoms with Crippen LogP contribution in [0.1, 0.15) is 38.5 Å². The Morgan fingerprint density at radius 1 is 1.06 bits per heavy atom. The molecule has 2 aliphatic heterocycles. The standard InChI is InChI=1S/C23H25ClF2N6O/c24-20-19(17-8-7-16(25)12-18(17)26)21(32-23(29-20)27-14-28-32)31-11-5-6-15(13-31)22(33)30-9-3-1-2-4-10-30/h7-8,12,14-15H,1-6,9-11,13H2. The number of aromatic nitrogens is 4. The Hall–Kier alpha value is -2.81. The van der Waals surface area contributed by atoms with Crippen molar-refractivity contribution < 1.29 is 13.6 Å². The molecule has 0 radical (unpaired) electrons. The summed E-state index contributed by atoms with van der Waals surface area (Å²) in [6.07, 6.45) is 7.35. The van der Waals surface area contributed by atoms with E-state index < -0.39 is 11.6 Å². The van der Waals surface area contributed by atoms with Crippen molar-refractivity contribution >= 4 is 29.1 Å². The molecule has 7 nitrogen and oxygen atoms in total. The molecule has 0 spiro atoms. The van der Waals surface area contributed by atoms with Crippen molar-refractivity contribution in [2.24, 2.45) is 5.92 Å². The van der Waals surface area contributed by atoms with Crippen LogP contribution in [0.3, 0.4) is 0 Å². The van der Waals surface area contributed by atoms with E-state index in [1.807, 2.05) is 9.80 Å². The van der Waals surface area contributed by atoms with E-state index in [2.05, 4.69) is 15.1 Å². The summed E-state index contributed by atoms with van der Waals surface area (Å²) in [4.78, 5) is 25.7. The fourth-order valence-electron chi connectivity index (χ4n) is 4.94. The van der Waals surface area contributed by atoms with Gasteiger partial charge in [-0.2, -0.15) is 19.6 Å². The second-order valence-electron chi connectivity index (χ2n) is 8.72. The first-order chi connectivity index (χ1) is 16.0. The minimum absolute atomic E-state index is 0.0528. The summed E-state index contributed by atoms with van der Waals surface area (Å²) in [7, 11) is 0. The molecule has 1 amide bonds. The Morgan fingerprint density at radius 3 is 2.61 bits per heavy atom. The molecule has 0 bridgehead atoms. The number of fused-ring (bicyclic) bond motifs is 1. The predicted molar refractivity (Wildman–Crippen MR) is 121 cm³/mol. The number of piperidine rings is 1. The molecule has 5 rings (SSSR count). The van der Waals surface area contributed by atoms with Crippen LogP contribution in [0.2, 0.25) is 5.15 Å². The van der Waals surface area contributed by atoms with Crippen LogP contribution in [-0.2, 0) is 4.79 Å². The van der Waals surface area contributed by atoms with E-state index in [-0.39, 0.29) is 28.3 Å². The topological polar surface area (TPSA) is 66.6 Å². The molecule has 2 fully saturated rings. The highest BCUT2D eigenvalue weighted by Crippen LogP contribution is 2.39. The molecule has 2 saturated heterocycles. The number of carbonyl (C=O) groups is 1. The predicted octanol–water partition coefficient (Wildman–Crippen LogP) is 4.34. The molecule has 10 heteroatoms. The maximum atomic E-state index is 14.8. The maximum absolute atomic E-state index is 14.8. The highest BCUT2D eigenvalue weighted by atomic mass is 35.5. The van der Waals surface area contributed by atoms with E-state index in [1.54, 1.807) is 0 Å². The Morgan fingerprint density at radius 2 is 1.85 bits per heavy atom. The Kier molecular flexibility index (Phi) is 6.14. The summed E-state index contributed by atoms with van der Waals surface area (Å²) >= 11 is 6.52. The molecular weight excluding hydrogens is 450 g/mol. The zero-order valence-electron chi connectivity index (χ0n) is 18.2. The number of hydrogen-bond acceptors (Lipinski definition) is 5. The second-order valence-corrected chi connectivity index (χ2v) is 9.08. The number of halogens is 3. The van der Waals surface area contributed by atoms with Crippen molar-refractivity contribution in [1.82, 2.24) is 24.5 Å². The molecule has 0 aliphatic carbocycles. The van der Waals surface area contributed by atoms with Crippen LogP contribution < -0.4 is 4.90 Å². The third-order valence-electron chi connectivity index (χ3n) is 6.55. The minimum Gasteiger partial charge on any atom is -0.355 e. The van der Waals surface area contributed by atoms with Gasteiger partial charge in [-0.05, 0) is 37.8 Å². The normalized spacial score (nSPS) is 19.7. The summed E-state index contributed by atoms with van der Waals surface area (Å²) in [6, 6.07) is 3.36. The minimum atomic E-state index is -0.742. The van der Waals surface area contributed by atoms with Gasteiger partial charge in [0.1, 0.15) is 28.9 Å². The van der Waals surface area contributed by atoms with Gasteiger partial charge < -0.3 is 9.80 Å². The van der Waals surface area contributed by atoms with Crippen LogP contribution in [0.5, 0.6) is 0 Å². The summed E-state index contributed by atoms with van der Waals surface area (Å²) in [5.74, 6) is -0.624. The van der Waals surface area contributed by atoms with Gasteiger partial charge in [0.05, 0.1) is 11.5 Å². The van der Waals surface area contributed by atoms with Crippen LogP contribution in [0.15, 0.2) is 24.5 Å². The zero-order valence-corrected chi connectivity index (χ0v) is 18.9. The van der Waals surface area contributed by atoms with Gasteiger partial charge in [0.15, 0.2) is 0 Å². The number of nitrogens with zero attached hydrogens (tertiary/aromatic N) is 6. The molecule has 2 aromatic heterocycles. The van der Waals surface area contributed by atoms with Crippen molar-refractivity contribution in [3.05, 3.63) is 41.3 Å². The lowest BCUT2D eigenvalue weighted by Crippen LogP contribution is -2.46. The van der Waals surface area contributed by atoms with Crippen molar-refractivity contribution in [2.75, 3.05) is 31.1 Å². The molecule has 2 aliphatic rings. The van der Waals surface area contributed by atoms with E-state index in [0.29, 0.717) is 24.5 Å². The highest BCUT2D eigenvalue weighted by molar-refractivity contribution is 6.33. The van der Waals surface area contributed by atoms with Gasteiger partial charge in [-0.25, -0.2) is 8.78 Å². The fourth-order valence-corrected chi connectivity index (χ4v) is 5.20. The first kappa shape index (κ1) is 22.0. The van der Waals surface area contributed by atoms with E-state index in [4.69, 9.17) is 11.6 Å². The van der Waals surface area contributed by atoms with Gasteiger partial charge in [0.2, 0.25) is 5.91 Å². The van der Waals surface area contributed by atoms with E-state index in [0.717, 1.165) is 57.7 Å². The van der Waals surface area contributed by atoms with E-state index >= 15 is 0 Å². The average molecular weight is 475 g/mol. The van der Waals surface area contributed by atoms with Crippen LogP contribution in [0.25, 0.3) is 16.9 Å². The van der Waals surface area contributed by atoms with Crippen LogP contribution in [0.4, 0.5) is 14.6 Å². The molecule has 0 saturated carbocycles. The van der Waals surface area contributed by atoms with Gasteiger partial charge in [-0.1, -0.05) is 24.4 Å². The fraction of sp³-hybridized carbons (Fsp3) is 0.478. The number of hydrogen-bond donors (Lipinski definition) is 0. The molecule has 1 atom stereocenters. The van der Waals surface area contributed by atoms with E-state index in [9.17, 15) is 13.6 Å². The maximum Gasteiger partial charge on any atom is 0.255 e. The molecule has 33 heavy (non-hydrogen) atoms. The highest BCUT2D eigenvalue weighted by Gasteiger charge is 2.33. The van der Waals surface area contributed by atoms with Crippen molar-refractivity contribution in [2.45, 2.75) is 38.5 Å². The Bertz CT molecular complexity index is 1180. The monoisotopic (exact) mass is 474 g/mol. The molecule has 174 valence electrons. The number of benzene rings is 1. The third kappa shape index (κ3) is 4.26. The zero-order chi connectivity index (χ0) is 22.9. The van der Waals surface area contributed by atoms with Gasteiger partial charge in [-0.15, -0.1) is 0 Å². The Balaban J connectivity index is 1.54. The number of rotatable bonds is 3. The molecule has 0 N–H and O–H groups in total. The average Bonchev–Trinajstić information content (AvgIpc) is 3.10. The smallest absolute Gasteiger partial charge is 0.255 e. The van der Waals surface area contributed by atoms with Gasteiger partial charge in [0.25, 0.3) is 5.78 Å². The lowest BCUT2D eigenvalue weighted by Gasteiger charge is -2.36. The first-order valence-electron chi connectivity index (χ1n) is 11.4. The van der Waals surface area contributed by atoms with Gasteiger partial charge in [-0.3, -0.25) is 4.79 Å². The second kappa shape index (κ2) is 9.21. The number of likely N-dealkylation sites (tertiary alicyclic amines) is 1. The molecule has 1 unspecified atom stereocenters. The van der Waals surface area contributed by atoms with Crippen molar-refractivity contribution in [3.8, 4) is 11.1 Å². The summed E-state index contributed by atoms with van der Waals surface area (Å²) in [5, 5.41) is 4.34. The van der Waals surface area contributed by atoms with E-state index in [1.165, 1.54) is 23.0 Å². The largest absolute Gasteiger partial charge is 0.355 e. The molecule has 3 aromatic rings. The quantitative estimate of drug-likeness (QED) is 0.528. The lowest BCUT2D eigenvalue weighted by atomic mass is 9.95. The van der Waals surface area contributed by atoms with Crippen LogP contribution >= 0.6 is 11.6 Å².